The van der Waals surface area contributed by atoms with Crippen molar-refractivity contribution in [2.45, 2.75) is 39.7 Å². The molecule has 0 aliphatic heterocycles. The molecule has 0 rings (SSSR count). The molecule has 0 spiro atoms. The molecule has 0 saturated heterocycles. The van der Waals surface area contributed by atoms with Gasteiger partial charge in [-0.2, -0.15) is 0 Å². The van der Waals surface area contributed by atoms with Crippen LogP contribution in [0.2, 0.25) is 0 Å². The molecule has 0 aromatic carbocycles. The molecule has 0 heterocycles. The zero-order valence-corrected chi connectivity index (χ0v) is 10.1. The van der Waals surface area contributed by atoms with Crippen LogP contribution in [-0.4, -0.2) is 28.8 Å². The normalized spacial score (nSPS) is 18.2. The molecule has 0 aromatic heterocycles. The van der Waals surface area contributed by atoms with Gasteiger partial charge < -0.3 is 5.32 Å². The highest BCUT2D eigenvalue weighted by Gasteiger charge is 2.10. The molecule has 80 valence electrons. The molecule has 13 heavy (non-hydrogen) atoms. The van der Waals surface area contributed by atoms with Gasteiger partial charge in [-0.1, -0.05) is 27.2 Å². The van der Waals surface area contributed by atoms with E-state index in [0.29, 0.717) is 12.0 Å². The van der Waals surface area contributed by atoms with Crippen LogP contribution in [0.1, 0.15) is 33.6 Å². The van der Waals surface area contributed by atoms with E-state index < -0.39 is 10.8 Å². The van der Waals surface area contributed by atoms with Gasteiger partial charge in [0.25, 0.3) is 0 Å². The summed E-state index contributed by atoms with van der Waals surface area (Å²) in [5, 5.41) is 3.18. The Morgan fingerprint density at radius 2 is 1.85 bits per heavy atom. The highest BCUT2D eigenvalue weighted by molar-refractivity contribution is 7.85. The third kappa shape index (κ3) is 6.22. The Morgan fingerprint density at radius 3 is 2.23 bits per heavy atom. The smallest absolute Gasteiger partial charge is 0.0388 e. The fourth-order valence-corrected chi connectivity index (χ4v) is 2.99. The van der Waals surface area contributed by atoms with Crippen molar-refractivity contribution in [2.24, 2.45) is 5.92 Å². The first-order chi connectivity index (χ1) is 6.13. The van der Waals surface area contributed by atoms with Crippen LogP contribution in [0, 0.1) is 5.92 Å². The topological polar surface area (TPSA) is 29.1 Å². The van der Waals surface area contributed by atoms with Crippen LogP contribution in [0.5, 0.6) is 0 Å². The van der Waals surface area contributed by atoms with E-state index in [9.17, 15) is 4.21 Å². The summed E-state index contributed by atoms with van der Waals surface area (Å²) in [7, 11) is 1.30. The maximum Gasteiger partial charge on any atom is 0.0388 e. The molecule has 0 radical (unpaired) electrons. The summed E-state index contributed by atoms with van der Waals surface area (Å²) in [6.45, 7) is 6.44. The fourth-order valence-electron chi connectivity index (χ4n) is 1.13. The zero-order valence-electron chi connectivity index (χ0n) is 9.30. The average molecular weight is 205 g/mol. The number of hydrogen-bond acceptors (Lipinski definition) is 2. The van der Waals surface area contributed by atoms with Crippen molar-refractivity contribution < 1.29 is 4.21 Å². The van der Waals surface area contributed by atoms with Gasteiger partial charge in [0.15, 0.2) is 0 Å². The Balaban J connectivity index is 3.72. The molecule has 2 nitrogen and oxygen atoms in total. The summed E-state index contributed by atoms with van der Waals surface area (Å²) in [5.74, 6) is 2.25. The van der Waals surface area contributed by atoms with Crippen molar-refractivity contribution in [1.82, 2.24) is 5.32 Å². The zero-order chi connectivity index (χ0) is 10.3. The van der Waals surface area contributed by atoms with Crippen LogP contribution in [0.4, 0.5) is 0 Å². The second-order valence-corrected chi connectivity index (χ2v) is 5.23. The van der Waals surface area contributed by atoms with Crippen molar-refractivity contribution in [1.29, 1.82) is 0 Å². The monoisotopic (exact) mass is 205 g/mol. The summed E-state index contributed by atoms with van der Waals surface area (Å²) in [6.07, 6.45) is 2.19. The van der Waals surface area contributed by atoms with Gasteiger partial charge in [-0.25, -0.2) is 0 Å². The predicted molar refractivity (Wildman–Crippen MR) is 60.5 cm³/mol. The molecule has 1 N–H and O–H groups in total. The minimum absolute atomic E-state index is 0.421. The molecule has 0 fully saturated rings. The predicted octanol–water partition coefficient (Wildman–Crippen LogP) is 1.78. The average Bonchev–Trinajstić information content (AvgIpc) is 2.13. The minimum Gasteiger partial charge on any atom is -0.316 e. The molecule has 0 saturated carbocycles. The Bertz CT molecular complexity index is 146. The lowest BCUT2D eigenvalue weighted by molar-refractivity contribution is 0.579. The van der Waals surface area contributed by atoms with E-state index in [1.807, 2.05) is 7.05 Å². The van der Waals surface area contributed by atoms with Crippen LogP contribution in [0.3, 0.4) is 0 Å². The quantitative estimate of drug-likeness (QED) is 0.686. The Morgan fingerprint density at radius 1 is 1.23 bits per heavy atom. The van der Waals surface area contributed by atoms with Crippen LogP contribution < -0.4 is 5.32 Å². The molecular formula is C10H23NOS. The molecular weight excluding hydrogens is 182 g/mol. The number of rotatable bonds is 7. The van der Waals surface area contributed by atoms with Crippen LogP contribution in [0.15, 0.2) is 0 Å². The first kappa shape index (κ1) is 13.1. The summed E-state index contributed by atoms with van der Waals surface area (Å²) in [5.41, 5.74) is 0. The van der Waals surface area contributed by atoms with E-state index in [2.05, 4.69) is 26.1 Å². The molecule has 0 aliphatic carbocycles. The SMILES string of the molecule is CCC(C)CS(=O)CC(CC)NC. The van der Waals surface area contributed by atoms with Crippen molar-refractivity contribution in [3.8, 4) is 0 Å². The Kier molecular flexibility index (Phi) is 7.57. The molecule has 3 unspecified atom stereocenters. The summed E-state index contributed by atoms with van der Waals surface area (Å²) >= 11 is 0. The van der Waals surface area contributed by atoms with Gasteiger partial charge in [0, 0.05) is 28.3 Å². The maximum atomic E-state index is 11.6. The number of hydrogen-bond donors (Lipinski definition) is 1. The van der Waals surface area contributed by atoms with E-state index in [0.717, 1.165) is 24.3 Å². The van der Waals surface area contributed by atoms with E-state index in [1.54, 1.807) is 0 Å². The van der Waals surface area contributed by atoms with Gasteiger partial charge in [-0.3, -0.25) is 4.21 Å². The molecule has 0 aliphatic rings. The van der Waals surface area contributed by atoms with Crippen LogP contribution >= 0.6 is 0 Å². The molecule has 0 aromatic rings. The molecule has 3 heteroatoms. The second kappa shape index (κ2) is 7.51. The lowest BCUT2D eigenvalue weighted by Gasteiger charge is -2.14. The highest BCUT2D eigenvalue weighted by Crippen LogP contribution is 2.04. The summed E-state index contributed by atoms with van der Waals surface area (Å²) in [6, 6.07) is 0.421. The van der Waals surface area contributed by atoms with Gasteiger partial charge in [0.05, 0.1) is 0 Å². The van der Waals surface area contributed by atoms with Crippen LogP contribution in [-0.2, 0) is 10.8 Å². The van der Waals surface area contributed by atoms with Gasteiger partial charge >= 0.3 is 0 Å². The van der Waals surface area contributed by atoms with Gasteiger partial charge in [0.1, 0.15) is 0 Å². The Labute approximate surface area is 84.9 Å². The maximum absolute atomic E-state index is 11.6. The van der Waals surface area contributed by atoms with E-state index in [1.165, 1.54) is 0 Å². The van der Waals surface area contributed by atoms with Gasteiger partial charge in [0.2, 0.25) is 0 Å². The molecule has 3 atom stereocenters. The highest BCUT2D eigenvalue weighted by atomic mass is 32.2. The lowest BCUT2D eigenvalue weighted by atomic mass is 10.2. The van der Waals surface area contributed by atoms with Gasteiger partial charge in [-0.05, 0) is 19.4 Å². The first-order valence-corrected chi connectivity index (χ1v) is 6.65. The summed E-state index contributed by atoms with van der Waals surface area (Å²) < 4.78 is 11.6. The number of nitrogens with one attached hydrogen (secondary N) is 1. The van der Waals surface area contributed by atoms with E-state index >= 15 is 0 Å². The Hall–Kier alpha value is 0.110. The van der Waals surface area contributed by atoms with Crippen molar-refractivity contribution >= 4 is 10.8 Å². The van der Waals surface area contributed by atoms with Crippen molar-refractivity contribution in [3.05, 3.63) is 0 Å². The first-order valence-electron chi connectivity index (χ1n) is 5.16. The third-order valence-electron chi connectivity index (χ3n) is 2.46. The second-order valence-electron chi connectivity index (χ2n) is 3.68. The van der Waals surface area contributed by atoms with E-state index in [-0.39, 0.29) is 0 Å². The van der Waals surface area contributed by atoms with Crippen molar-refractivity contribution in [3.63, 3.8) is 0 Å². The van der Waals surface area contributed by atoms with E-state index in [4.69, 9.17) is 0 Å². The third-order valence-corrected chi connectivity index (χ3v) is 4.17. The molecule has 0 amide bonds. The lowest BCUT2D eigenvalue weighted by Crippen LogP contribution is -2.31. The largest absolute Gasteiger partial charge is 0.316 e. The van der Waals surface area contributed by atoms with Crippen molar-refractivity contribution in [2.75, 3.05) is 18.6 Å². The van der Waals surface area contributed by atoms with Gasteiger partial charge in [-0.15, -0.1) is 0 Å². The fraction of sp³-hybridized carbons (Fsp3) is 1.00. The molecule has 0 bridgehead atoms. The standard InChI is InChI=1S/C10H23NOS/c1-5-9(3)7-13(12)8-10(6-2)11-4/h9-11H,5-8H2,1-4H3. The summed E-state index contributed by atoms with van der Waals surface area (Å²) in [4.78, 5) is 0. The van der Waals surface area contributed by atoms with Crippen LogP contribution in [0.25, 0.3) is 0 Å². The minimum atomic E-state index is -0.642.